The van der Waals surface area contributed by atoms with Crippen LogP contribution in [0.25, 0.3) is 0 Å². The summed E-state index contributed by atoms with van der Waals surface area (Å²) in [5.74, 6) is -2.97. The summed E-state index contributed by atoms with van der Waals surface area (Å²) in [6.07, 6.45) is 3.16. The third kappa shape index (κ3) is 3.85. The Bertz CT molecular complexity index is 856. The van der Waals surface area contributed by atoms with Gasteiger partial charge in [-0.05, 0) is 26.2 Å². The molecule has 3 rings (SSSR count). The van der Waals surface area contributed by atoms with Gasteiger partial charge in [0.2, 0.25) is 0 Å². The standard InChI is InChI=1S/C19H24F2N4O3/c1-23(2)11-15-17(12-9-22-24(3)10-12)25(7-8-28-15)19(26)13-5-6-14(20)18(27-4)16(13)21/h5-6,9-10,15,17H,7-8,11H2,1-4H3/t15-,17-/m0/s1. The summed E-state index contributed by atoms with van der Waals surface area (Å²) in [6.45, 7) is 1.17. The van der Waals surface area contributed by atoms with E-state index in [4.69, 9.17) is 9.47 Å². The number of likely N-dealkylation sites (N-methyl/N-ethyl adjacent to an activating group) is 1. The van der Waals surface area contributed by atoms with Crippen LogP contribution in [0.4, 0.5) is 8.78 Å². The van der Waals surface area contributed by atoms with Gasteiger partial charge in [0.15, 0.2) is 17.4 Å². The Morgan fingerprint density at radius 3 is 2.75 bits per heavy atom. The number of aryl methyl sites for hydroxylation is 1. The van der Waals surface area contributed by atoms with Crippen molar-refractivity contribution >= 4 is 5.91 Å². The fourth-order valence-electron chi connectivity index (χ4n) is 3.50. The number of carbonyl (C=O) groups excluding carboxylic acids is 1. The third-order valence-corrected chi connectivity index (χ3v) is 4.71. The molecule has 0 N–H and O–H groups in total. The highest BCUT2D eigenvalue weighted by molar-refractivity contribution is 5.95. The van der Waals surface area contributed by atoms with E-state index in [1.807, 2.05) is 25.2 Å². The van der Waals surface area contributed by atoms with Gasteiger partial charge in [-0.2, -0.15) is 5.10 Å². The zero-order valence-corrected chi connectivity index (χ0v) is 16.4. The van der Waals surface area contributed by atoms with Crippen LogP contribution in [0.2, 0.25) is 0 Å². The van der Waals surface area contributed by atoms with Crippen LogP contribution < -0.4 is 4.74 Å². The largest absolute Gasteiger partial charge is 0.491 e. The first-order valence-electron chi connectivity index (χ1n) is 8.91. The molecule has 1 amide bonds. The molecule has 152 valence electrons. The van der Waals surface area contributed by atoms with Gasteiger partial charge in [0.1, 0.15) is 0 Å². The summed E-state index contributed by atoms with van der Waals surface area (Å²) in [5, 5.41) is 4.19. The molecule has 2 heterocycles. The van der Waals surface area contributed by atoms with Crippen molar-refractivity contribution in [3.63, 3.8) is 0 Å². The second kappa shape index (κ2) is 8.24. The quantitative estimate of drug-likeness (QED) is 0.775. The van der Waals surface area contributed by atoms with Crippen LogP contribution in [0.3, 0.4) is 0 Å². The van der Waals surface area contributed by atoms with Crippen LogP contribution in [0.15, 0.2) is 24.5 Å². The Morgan fingerprint density at radius 1 is 1.39 bits per heavy atom. The van der Waals surface area contributed by atoms with E-state index in [2.05, 4.69) is 5.10 Å². The summed E-state index contributed by atoms with van der Waals surface area (Å²) >= 11 is 0. The van der Waals surface area contributed by atoms with E-state index < -0.39 is 29.3 Å². The van der Waals surface area contributed by atoms with Gasteiger partial charge in [0.05, 0.1) is 37.6 Å². The molecule has 9 heteroatoms. The smallest absolute Gasteiger partial charge is 0.257 e. The number of hydrogen-bond donors (Lipinski definition) is 0. The number of methoxy groups -OCH3 is 1. The van der Waals surface area contributed by atoms with Crippen molar-refractivity contribution in [2.75, 3.05) is 40.9 Å². The topological polar surface area (TPSA) is 59.8 Å². The Balaban J connectivity index is 2.01. The number of amides is 1. The zero-order valence-electron chi connectivity index (χ0n) is 16.4. The molecule has 0 saturated carbocycles. The van der Waals surface area contributed by atoms with E-state index in [0.29, 0.717) is 13.2 Å². The van der Waals surface area contributed by atoms with Crippen LogP contribution in [-0.2, 0) is 11.8 Å². The number of halogens is 2. The normalized spacial score (nSPS) is 19.9. The summed E-state index contributed by atoms with van der Waals surface area (Å²) in [5.41, 5.74) is 0.550. The number of nitrogens with zero attached hydrogens (tertiary/aromatic N) is 4. The third-order valence-electron chi connectivity index (χ3n) is 4.71. The van der Waals surface area contributed by atoms with Gasteiger partial charge >= 0.3 is 0 Å². The van der Waals surface area contributed by atoms with Gasteiger partial charge < -0.3 is 19.3 Å². The molecule has 1 aromatic heterocycles. The lowest BCUT2D eigenvalue weighted by Gasteiger charge is -2.41. The molecule has 1 aliphatic rings. The molecule has 7 nitrogen and oxygen atoms in total. The Labute approximate surface area is 162 Å². The number of aromatic nitrogens is 2. The van der Waals surface area contributed by atoms with Crippen molar-refractivity contribution in [2.24, 2.45) is 7.05 Å². The van der Waals surface area contributed by atoms with Gasteiger partial charge in [-0.3, -0.25) is 9.48 Å². The monoisotopic (exact) mass is 394 g/mol. The van der Waals surface area contributed by atoms with E-state index in [9.17, 15) is 13.6 Å². The molecule has 1 aromatic carbocycles. The number of morpholine rings is 1. The highest BCUT2D eigenvalue weighted by Crippen LogP contribution is 2.33. The van der Waals surface area contributed by atoms with Crippen molar-refractivity contribution in [3.8, 4) is 5.75 Å². The molecule has 1 fully saturated rings. The maximum absolute atomic E-state index is 14.7. The summed E-state index contributed by atoms with van der Waals surface area (Å²) in [7, 11) is 6.77. The lowest BCUT2D eigenvalue weighted by atomic mass is 9.99. The first-order chi connectivity index (χ1) is 13.3. The molecule has 1 aliphatic heterocycles. The second-order valence-electron chi connectivity index (χ2n) is 7.00. The Morgan fingerprint density at radius 2 is 2.14 bits per heavy atom. The van der Waals surface area contributed by atoms with Crippen LogP contribution >= 0.6 is 0 Å². The van der Waals surface area contributed by atoms with Crippen molar-refractivity contribution < 1.29 is 23.0 Å². The lowest BCUT2D eigenvalue weighted by molar-refractivity contribution is -0.0686. The van der Waals surface area contributed by atoms with Crippen LogP contribution in [0.1, 0.15) is 22.0 Å². The minimum atomic E-state index is -1.01. The highest BCUT2D eigenvalue weighted by atomic mass is 19.1. The number of rotatable bonds is 5. The second-order valence-corrected chi connectivity index (χ2v) is 7.00. The molecule has 0 spiro atoms. The van der Waals surface area contributed by atoms with Crippen molar-refractivity contribution in [1.29, 1.82) is 0 Å². The van der Waals surface area contributed by atoms with Crippen molar-refractivity contribution in [3.05, 3.63) is 47.3 Å². The zero-order chi connectivity index (χ0) is 20.4. The predicted molar refractivity (Wildman–Crippen MR) is 98.2 cm³/mol. The average molecular weight is 394 g/mol. The molecular weight excluding hydrogens is 370 g/mol. The Kier molecular flexibility index (Phi) is 5.95. The predicted octanol–water partition coefficient (Wildman–Crippen LogP) is 1.85. The Hall–Kier alpha value is -2.52. The lowest BCUT2D eigenvalue weighted by Crippen LogP contribution is -2.51. The van der Waals surface area contributed by atoms with E-state index in [1.54, 1.807) is 22.8 Å². The summed E-state index contributed by atoms with van der Waals surface area (Å²) < 4.78 is 40.8. The molecule has 2 aromatic rings. The minimum Gasteiger partial charge on any atom is -0.491 e. The van der Waals surface area contributed by atoms with Crippen LogP contribution in [0, 0.1) is 11.6 Å². The fraction of sp³-hybridized carbons (Fsp3) is 0.474. The molecule has 1 saturated heterocycles. The SMILES string of the molecule is COc1c(F)ccc(C(=O)N2CCO[C@@H](CN(C)C)[C@@H]2c2cnn(C)c2)c1F. The van der Waals surface area contributed by atoms with E-state index >= 15 is 0 Å². The van der Waals surface area contributed by atoms with Gasteiger partial charge in [-0.25, -0.2) is 8.78 Å². The average Bonchev–Trinajstić information content (AvgIpc) is 3.07. The van der Waals surface area contributed by atoms with Crippen molar-refractivity contribution in [1.82, 2.24) is 19.6 Å². The first kappa shape index (κ1) is 20.2. The molecule has 0 aliphatic carbocycles. The molecule has 0 radical (unpaired) electrons. The number of benzene rings is 1. The molecular formula is C19H24F2N4O3. The number of carbonyl (C=O) groups is 1. The molecule has 2 atom stereocenters. The maximum atomic E-state index is 14.7. The fourth-order valence-corrected chi connectivity index (χ4v) is 3.50. The summed E-state index contributed by atoms with van der Waals surface area (Å²) in [6, 6.07) is 1.73. The van der Waals surface area contributed by atoms with E-state index in [0.717, 1.165) is 24.8 Å². The minimum absolute atomic E-state index is 0.238. The summed E-state index contributed by atoms with van der Waals surface area (Å²) in [4.78, 5) is 16.8. The van der Waals surface area contributed by atoms with Gasteiger partial charge in [0, 0.05) is 31.9 Å². The molecule has 28 heavy (non-hydrogen) atoms. The van der Waals surface area contributed by atoms with Crippen LogP contribution in [-0.4, -0.2) is 72.5 Å². The number of hydrogen-bond acceptors (Lipinski definition) is 5. The van der Waals surface area contributed by atoms with Gasteiger partial charge in [-0.1, -0.05) is 0 Å². The van der Waals surface area contributed by atoms with E-state index in [-0.39, 0.29) is 18.2 Å². The first-order valence-corrected chi connectivity index (χ1v) is 8.91. The molecule has 0 bridgehead atoms. The maximum Gasteiger partial charge on any atom is 0.257 e. The molecule has 0 unspecified atom stereocenters. The van der Waals surface area contributed by atoms with Crippen molar-refractivity contribution in [2.45, 2.75) is 12.1 Å². The van der Waals surface area contributed by atoms with Gasteiger partial charge in [0.25, 0.3) is 5.91 Å². The van der Waals surface area contributed by atoms with E-state index in [1.165, 1.54) is 0 Å². The van der Waals surface area contributed by atoms with Crippen LogP contribution in [0.5, 0.6) is 5.75 Å². The number of ether oxygens (including phenoxy) is 2. The highest BCUT2D eigenvalue weighted by Gasteiger charge is 2.38. The van der Waals surface area contributed by atoms with Gasteiger partial charge in [-0.15, -0.1) is 0 Å².